The summed E-state index contributed by atoms with van der Waals surface area (Å²) in [5.41, 5.74) is 1.18. The van der Waals surface area contributed by atoms with E-state index in [1.807, 2.05) is 13.8 Å². The van der Waals surface area contributed by atoms with Gasteiger partial charge >= 0.3 is 0 Å². The fourth-order valence-electron chi connectivity index (χ4n) is 2.11. The Morgan fingerprint density at radius 1 is 1.50 bits per heavy atom. The molecule has 0 unspecified atom stereocenters. The highest BCUT2D eigenvalue weighted by molar-refractivity contribution is 7.18. The third-order valence-electron chi connectivity index (χ3n) is 3.52. The molecule has 0 radical (unpaired) electrons. The first-order valence-corrected chi connectivity index (χ1v) is 7.17. The van der Waals surface area contributed by atoms with E-state index in [9.17, 15) is 4.79 Å². The number of nitrogens with one attached hydrogen (secondary N) is 1. The van der Waals surface area contributed by atoms with Crippen LogP contribution in [0.3, 0.4) is 0 Å². The second kappa shape index (κ2) is 4.48. The van der Waals surface area contributed by atoms with Crippen LogP contribution in [0.4, 0.5) is 0 Å². The summed E-state index contributed by atoms with van der Waals surface area (Å²) in [6.45, 7) is 5.59. The molecule has 1 fully saturated rings. The molecule has 96 valence electrons. The third kappa shape index (κ3) is 2.08. The van der Waals surface area contributed by atoms with Gasteiger partial charge < -0.3 is 5.32 Å². The minimum Gasteiger partial charge on any atom is -0.312 e. The van der Waals surface area contributed by atoms with Crippen molar-refractivity contribution in [2.45, 2.75) is 39.3 Å². The summed E-state index contributed by atoms with van der Waals surface area (Å²) in [4.78, 5) is 18.8. The molecular weight excluding hydrogens is 246 g/mol. The van der Waals surface area contributed by atoms with Crippen LogP contribution >= 0.6 is 11.3 Å². The molecule has 1 aliphatic carbocycles. The van der Waals surface area contributed by atoms with Crippen molar-refractivity contribution in [1.29, 1.82) is 0 Å². The average molecular weight is 263 g/mol. The number of aromatic nitrogens is 2. The molecule has 2 aromatic rings. The first-order chi connectivity index (χ1) is 8.66. The van der Waals surface area contributed by atoms with Gasteiger partial charge in [-0.25, -0.2) is 4.98 Å². The standard InChI is InChI=1S/C13H17N3OS/c1-8-9(2)18-12-11(8)13(17)16(7-15-12)6-5-14-10-3-4-10/h7,10,14H,3-6H2,1-2H3. The number of rotatable bonds is 4. The summed E-state index contributed by atoms with van der Waals surface area (Å²) in [5.74, 6) is 0. The van der Waals surface area contributed by atoms with Crippen LogP contribution in [0, 0.1) is 13.8 Å². The van der Waals surface area contributed by atoms with Gasteiger partial charge in [0.05, 0.1) is 11.7 Å². The minimum atomic E-state index is 0.0967. The van der Waals surface area contributed by atoms with Gasteiger partial charge in [0.1, 0.15) is 4.83 Å². The molecule has 18 heavy (non-hydrogen) atoms. The van der Waals surface area contributed by atoms with E-state index in [4.69, 9.17) is 0 Å². The van der Waals surface area contributed by atoms with Gasteiger partial charge in [-0.2, -0.15) is 0 Å². The van der Waals surface area contributed by atoms with Crippen LogP contribution in [0.15, 0.2) is 11.1 Å². The Morgan fingerprint density at radius 3 is 3.00 bits per heavy atom. The lowest BCUT2D eigenvalue weighted by molar-refractivity contribution is 0.580. The Bertz CT molecular complexity index is 639. The first kappa shape index (κ1) is 11.9. The molecule has 0 aromatic carbocycles. The Hall–Kier alpha value is -1.20. The van der Waals surface area contributed by atoms with Crippen molar-refractivity contribution in [2.75, 3.05) is 6.54 Å². The number of fused-ring (bicyclic) bond motifs is 1. The molecule has 1 saturated carbocycles. The van der Waals surface area contributed by atoms with Crippen molar-refractivity contribution in [3.05, 3.63) is 27.1 Å². The van der Waals surface area contributed by atoms with Crippen LogP contribution < -0.4 is 10.9 Å². The number of nitrogens with zero attached hydrogens (tertiary/aromatic N) is 2. The molecule has 0 atom stereocenters. The van der Waals surface area contributed by atoms with Crippen molar-refractivity contribution >= 4 is 21.6 Å². The van der Waals surface area contributed by atoms with E-state index in [0.29, 0.717) is 12.6 Å². The summed E-state index contributed by atoms with van der Waals surface area (Å²) in [6.07, 6.45) is 4.22. The summed E-state index contributed by atoms with van der Waals surface area (Å²) in [5, 5.41) is 4.21. The van der Waals surface area contributed by atoms with Gasteiger partial charge in [-0.05, 0) is 32.3 Å². The lowest BCUT2D eigenvalue weighted by atomic mass is 10.2. The molecule has 0 spiro atoms. The molecule has 3 rings (SSSR count). The first-order valence-electron chi connectivity index (χ1n) is 6.35. The number of hydrogen-bond donors (Lipinski definition) is 1. The smallest absolute Gasteiger partial charge is 0.262 e. The Labute approximate surface area is 110 Å². The maximum absolute atomic E-state index is 12.4. The quantitative estimate of drug-likeness (QED) is 0.915. The van der Waals surface area contributed by atoms with E-state index in [1.165, 1.54) is 17.7 Å². The molecule has 0 amide bonds. The minimum absolute atomic E-state index is 0.0967. The van der Waals surface area contributed by atoms with Crippen molar-refractivity contribution < 1.29 is 0 Å². The molecule has 1 aliphatic rings. The van der Waals surface area contributed by atoms with Gasteiger partial charge in [0.2, 0.25) is 0 Å². The van der Waals surface area contributed by atoms with Crippen molar-refractivity contribution in [1.82, 2.24) is 14.9 Å². The van der Waals surface area contributed by atoms with Crippen LogP contribution in [-0.4, -0.2) is 22.1 Å². The zero-order valence-corrected chi connectivity index (χ0v) is 11.5. The van der Waals surface area contributed by atoms with Gasteiger partial charge in [0, 0.05) is 24.0 Å². The summed E-state index contributed by atoms with van der Waals surface area (Å²) in [7, 11) is 0. The molecule has 4 nitrogen and oxygen atoms in total. The lowest BCUT2D eigenvalue weighted by Gasteiger charge is -2.06. The number of hydrogen-bond acceptors (Lipinski definition) is 4. The van der Waals surface area contributed by atoms with E-state index in [1.54, 1.807) is 22.2 Å². The van der Waals surface area contributed by atoms with Crippen molar-refractivity contribution in [3.8, 4) is 0 Å². The van der Waals surface area contributed by atoms with Crippen LogP contribution in [0.2, 0.25) is 0 Å². The van der Waals surface area contributed by atoms with E-state index in [0.717, 1.165) is 22.3 Å². The lowest BCUT2D eigenvalue weighted by Crippen LogP contribution is -2.28. The molecule has 0 saturated heterocycles. The third-order valence-corrected chi connectivity index (χ3v) is 4.63. The van der Waals surface area contributed by atoms with Gasteiger partial charge in [-0.1, -0.05) is 0 Å². The number of aryl methyl sites for hydroxylation is 2. The second-order valence-corrected chi connectivity index (χ2v) is 6.14. The van der Waals surface area contributed by atoms with E-state index >= 15 is 0 Å². The predicted molar refractivity (Wildman–Crippen MR) is 74.4 cm³/mol. The van der Waals surface area contributed by atoms with Crippen LogP contribution in [0.25, 0.3) is 10.2 Å². The Morgan fingerprint density at radius 2 is 2.28 bits per heavy atom. The van der Waals surface area contributed by atoms with Gasteiger partial charge in [0.25, 0.3) is 5.56 Å². The van der Waals surface area contributed by atoms with Crippen molar-refractivity contribution in [2.24, 2.45) is 0 Å². The maximum Gasteiger partial charge on any atom is 0.262 e. The maximum atomic E-state index is 12.4. The summed E-state index contributed by atoms with van der Waals surface area (Å²) in [6, 6.07) is 0.683. The van der Waals surface area contributed by atoms with Gasteiger partial charge in [-0.15, -0.1) is 11.3 Å². The Kier molecular flexibility index (Phi) is 2.95. The fraction of sp³-hybridized carbons (Fsp3) is 0.538. The van der Waals surface area contributed by atoms with Gasteiger partial charge in [0.15, 0.2) is 0 Å². The zero-order valence-electron chi connectivity index (χ0n) is 10.7. The van der Waals surface area contributed by atoms with Crippen molar-refractivity contribution in [3.63, 3.8) is 0 Å². The summed E-state index contributed by atoms with van der Waals surface area (Å²) < 4.78 is 1.72. The molecule has 2 aromatic heterocycles. The van der Waals surface area contributed by atoms with Gasteiger partial charge in [-0.3, -0.25) is 9.36 Å². The van der Waals surface area contributed by atoms with Crippen LogP contribution in [0.1, 0.15) is 23.3 Å². The highest BCUT2D eigenvalue weighted by Gasteiger charge is 2.19. The van der Waals surface area contributed by atoms with E-state index in [2.05, 4.69) is 10.3 Å². The summed E-state index contributed by atoms with van der Waals surface area (Å²) >= 11 is 1.60. The average Bonchev–Trinajstić information content (AvgIpc) is 3.11. The zero-order chi connectivity index (χ0) is 12.7. The topological polar surface area (TPSA) is 46.9 Å². The predicted octanol–water partition coefficient (Wildman–Crippen LogP) is 1.83. The largest absolute Gasteiger partial charge is 0.312 e. The highest BCUT2D eigenvalue weighted by atomic mass is 32.1. The SMILES string of the molecule is Cc1sc2ncn(CCNC3CC3)c(=O)c2c1C. The molecule has 1 N–H and O–H groups in total. The number of thiophene rings is 1. The molecule has 5 heteroatoms. The molecule has 0 aliphatic heterocycles. The van der Waals surface area contributed by atoms with Crippen LogP contribution in [0.5, 0.6) is 0 Å². The second-order valence-electron chi connectivity index (χ2n) is 4.93. The molecular formula is C13H17N3OS. The van der Waals surface area contributed by atoms with Crippen LogP contribution in [-0.2, 0) is 6.54 Å². The highest BCUT2D eigenvalue weighted by Crippen LogP contribution is 2.25. The molecule has 0 bridgehead atoms. The van der Waals surface area contributed by atoms with E-state index < -0.39 is 0 Å². The van der Waals surface area contributed by atoms with E-state index in [-0.39, 0.29) is 5.56 Å². The monoisotopic (exact) mass is 263 g/mol. The fourth-order valence-corrected chi connectivity index (χ4v) is 3.09. The normalized spacial score (nSPS) is 15.4. The Balaban J connectivity index is 1.89. The molecule has 2 heterocycles.